The van der Waals surface area contributed by atoms with E-state index in [2.05, 4.69) is 32.7 Å². The third-order valence-corrected chi connectivity index (χ3v) is 6.09. The minimum Gasteiger partial charge on any atom is -0.474 e. The monoisotopic (exact) mass is 455 g/mol. The molecule has 33 heavy (non-hydrogen) atoms. The number of nitrogens with zero attached hydrogens (tertiary/aromatic N) is 3. The molecule has 10 heteroatoms. The van der Waals surface area contributed by atoms with E-state index >= 15 is 0 Å². The Kier molecular flexibility index (Phi) is 7.36. The zero-order chi connectivity index (χ0) is 23.2. The van der Waals surface area contributed by atoms with Crippen molar-refractivity contribution in [2.75, 3.05) is 26.7 Å². The number of aliphatic hydroxyl groups is 1. The van der Waals surface area contributed by atoms with E-state index in [4.69, 9.17) is 9.47 Å². The molecule has 2 aliphatic rings. The minimum absolute atomic E-state index is 0.102. The van der Waals surface area contributed by atoms with E-state index in [1.807, 2.05) is 12.1 Å². The second kappa shape index (κ2) is 10.6. The van der Waals surface area contributed by atoms with E-state index in [9.17, 15) is 14.7 Å². The Bertz CT molecular complexity index is 979. The molecule has 2 aromatic rings. The van der Waals surface area contributed by atoms with Gasteiger partial charge < -0.3 is 30.1 Å². The van der Waals surface area contributed by atoms with Crippen molar-refractivity contribution >= 4 is 12.0 Å². The highest BCUT2D eigenvalue weighted by Gasteiger charge is 2.26. The van der Waals surface area contributed by atoms with Crippen molar-refractivity contribution in [3.8, 4) is 5.88 Å². The summed E-state index contributed by atoms with van der Waals surface area (Å²) in [4.78, 5) is 33.9. The highest BCUT2D eigenvalue weighted by Crippen LogP contribution is 2.19. The van der Waals surface area contributed by atoms with Gasteiger partial charge in [0.25, 0.3) is 5.91 Å². The average Bonchev–Trinajstić information content (AvgIpc) is 2.87. The fraction of sp³-hybridized carbons (Fsp3) is 0.478. The zero-order valence-electron chi connectivity index (χ0n) is 18.6. The number of ether oxygens (including phenoxy) is 2. The Balaban J connectivity index is 1.26. The number of likely N-dealkylation sites (tertiary alicyclic amines) is 1. The molecule has 0 spiro atoms. The smallest absolute Gasteiger partial charge is 0.409 e. The first-order valence-corrected chi connectivity index (χ1v) is 11.1. The van der Waals surface area contributed by atoms with Gasteiger partial charge in [0.2, 0.25) is 5.88 Å². The first kappa shape index (κ1) is 22.9. The summed E-state index contributed by atoms with van der Waals surface area (Å²) in [5, 5.41) is 16.6. The normalized spacial score (nSPS) is 19.3. The Morgan fingerprint density at radius 3 is 2.76 bits per heavy atom. The molecule has 2 aliphatic heterocycles. The Morgan fingerprint density at radius 1 is 1.24 bits per heavy atom. The number of methoxy groups -OCH3 is 1. The molecule has 10 nitrogen and oxygen atoms in total. The van der Waals surface area contributed by atoms with Crippen molar-refractivity contribution in [1.82, 2.24) is 25.5 Å². The summed E-state index contributed by atoms with van der Waals surface area (Å²) in [7, 11) is 1.36. The van der Waals surface area contributed by atoms with Gasteiger partial charge in [0, 0.05) is 51.1 Å². The van der Waals surface area contributed by atoms with Crippen molar-refractivity contribution in [1.29, 1.82) is 0 Å². The number of hydrogen-bond donors (Lipinski definition) is 3. The third kappa shape index (κ3) is 5.77. The summed E-state index contributed by atoms with van der Waals surface area (Å²) in [6, 6.07) is 9.49. The molecule has 2 amide bonds. The van der Waals surface area contributed by atoms with Crippen molar-refractivity contribution in [3.63, 3.8) is 0 Å². The Morgan fingerprint density at radius 2 is 2.00 bits per heavy atom. The lowest BCUT2D eigenvalue weighted by atomic mass is 9.93. The first-order chi connectivity index (χ1) is 16.0. The van der Waals surface area contributed by atoms with Crippen LogP contribution in [0.25, 0.3) is 0 Å². The molecule has 1 fully saturated rings. The summed E-state index contributed by atoms with van der Waals surface area (Å²) in [6.07, 6.45) is 2.08. The van der Waals surface area contributed by atoms with Crippen LogP contribution in [0.2, 0.25) is 0 Å². The van der Waals surface area contributed by atoms with E-state index in [1.165, 1.54) is 30.6 Å². The van der Waals surface area contributed by atoms with Gasteiger partial charge in [0.15, 0.2) is 0 Å². The standard InChI is InChI=1S/C23H29N5O5/c1-32-23(31)28-8-6-17(7-9-28)33-21-11-19(26-14-27-21)22(30)25-13-20(29)18-10-15-4-2-3-5-16(15)12-24-18/h2-5,11,14,17-18,20,24,29H,6-10,12-13H2,1H3,(H,25,30). The van der Waals surface area contributed by atoms with E-state index in [0.717, 1.165) is 0 Å². The molecule has 3 heterocycles. The quantitative estimate of drug-likeness (QED) is 0.586. The van der Waals surface area contributed by atoms with Gasteiger partial charge in [-0.25, -0.2) is 14.8 Å². The fourth-order valence-corrected chi connectivity index (χ4v) is 4.17. The molecule has 0 radical (unpaired) electrons. The van der Waals surface area contributed by atoms with Crippen LogP contribution in [0.5, 0.6) is 5.88 Å². The predicted molar refractivity (Wildman–Crippen MR) is 119 cm³/mol. The van der Waals surface area contributed by atoms with Gasteiger partial charge in [0.1, 0.15) is 18.1 Å². The van der Waals surface area contributed by atoms with E-state index in [1.54, 1.807) is 4.90 Å². The molecular formula is C23H29N5O5. The van der Waals surface area contributed by atoms with Crippen LogP contribution < -0.4 is 15.4 Å². The Labute approximate surface area is 192 Å². The largest absolute Gasteiger partial charge is 0.474 e. The van der Waals surface area contributed by atoms with E-state index < -0.39 is 12.0 Å². The van der Waals surface area contributed by atoms with E-state index in [-0.39, 0.29) is 30.5 Å². The van der Waals surface area contributed by atoms with Crippen LogP contribution in [0.1, 0.15) is 34.5 Å². The van der Waals surface area contributed by atoms with Gasteiger partial charge in [-0.05, 0) is 17.5 Å². The predicted octanol–water partition coefficient (Wildman–Crippen LogP) is 0.891. The fourth-order valence-electron chi connectivity index (χ4n) is 4.17. The maximum atomic E-state index is 12.6. The lowest BCUT2D eigenvalue weighted by molar-refractivity contribution is 0.0766. The van der Waals surface area contributed by atoms with Gasteiger partial charge in [0.05, 0.1) is 13.2 Å². The number of aromatic nitrogens is 2. The van der Waals surface area contributed by atoms with Gasteiger partial charge in [-0.15, -0.1) is 0 Å². The minimum atomic E-state index is -0.736. The van der Waals surface area contributed by atoms with Crippen LogP contribution in [0.3, 0.4) is 0 Å². The maximum Gasteiger partial charge on any atom is 0.409 e. The second-order valence-corrected chi connectivity index (χ2v) is 8.25. The molecule has 1 aromatic carbocycles. The summed E-state index contributed by atoms with van der Waals surface area (Å²) in [6.45, 7) is 1.86. The Hall–Kier alpha value is -3.24. The van der Waals surface area contributed by atoms with Crippen LogP contribution >= 0.6 is 0 Å². The molecule has 2 atom stereocenters. The van der Waals surface area contributed by atoms with Crippen LogP contribution in [0.4, 0.5) is 4.79 Å². The molecule has 3 N–H and O–H groups in total. The molecule has 1 aromatic heterocycles. The number of hydrogen-bond acceptors (Lipinski definition) is 8. The summed E-state index contributed by atoms with van der Waals surface area (Å²) in [5.74, 6) is -0.101. The third-order valence-electron chi connectivity index (χ3n) is 6.09. The maximum absolute atomic E-state index is 12.6. The number of rotatable bonds is 6. The number of benzene rings is 1. The van der Waals surface area contributed by atoms with Crippen LogP contribution in [-0.4, -0.2) is 77.0 Å². The summed E-state index contributed by atoms with van der Waals surface area (Å²) in [5.41, 5.74) is 2.61. The first-order valence-electron chi connectivity index (χ1n) is 11.1. The van der Waals surface area contributed by atoms with Gasteiger partial charge in [-0.3, -0.25) is 4.79 Å². The number of carbonyl (C=O) groups is 2. The number of nitrogens with one attached hydrogen (secondary N) is 2. The highest BCUT2D eigenvalue weighted by molar-refractivity contribution is 5.92. The number of piperidine rings is 1. The van der Waals surface area contributed by atoms with Crippen molar-refractivity contribution in [2.45, 2.75) is 44.1 Å². The molecule has 4 rings (SSSR count). The molecule has 1 saturated heterocycles. The van der Waals surface area contributed by atoms with Crippen molar-refractivity contribution in [3.05, 3.63) is 53.5 Å². The van der Waals surface area contributed by atoms with Gasteiger partial charge in [-0.1, -0.05) is 24.3 Å². The summed E-state index contributed by atoms with van der Waals surface area (Å²) >= 11 is 0. The van der Waals surface area contributed by atoms with Gasteiger partial charge in [-0.2, -0.15) is 0 Å². The molecule has 176 valence electrons. The van der Waals surface area contributed by atoms with Crippen LogP contribution in [0, 0.1) is 0 Å². The number of aliphatic hydroxyl groups excluding tert-OH is 1. The molecule has 0 bridgehead atoms. The molecule has 0 saturated carbocycles. The topological polar surface area (TPSA) is 126 Å². The highest BCUT2D eigenvalue weighted by atomic mass is 16.5. The number of carbonyl (C=O) groups excluding carboxylic acids is 2. The second-order valence-electron chi connectivity index (χ2n) is 8.25. The lowest BCUT2D eigenvalue weighted by Gasteiger charge is -2.30. The zero-order valence-corrected chi connectivity index (χ0v) is 18.6. The van der Waals surface area contributed by atoms with Crippen molar-refractivity contribution < 1.29 is 24.2 Å². The molecular weight excluding hydrogens is 426 g/mol. The molecule has 0 aliphatic carbocycles. The van der Waals surface area contributed by atoms with Crippen molar-refractivity contribution in [2.24, 2.45) is 0 Å². The molecule has 2 unspecified atom stereocenters. The van der Waals surface area contributed by atoms with Gasteiger partial charge >= 0.3 is 6.09 Å². The van der Waals surface area contributed by atoms with Crippen LogP contribution in [0.15, 0.2) is 36.7 Å². The number of amides is 2. The average molecular weight is 456 g/mol. The number of fused-ring (bicyclic) bond motifs is 1. The lowest BCUT2D eigenvalue weighted by Crippen LogP contribution is -2.49. The summed E-state index contributed by atoms with van der Waals surface area (Å²) < 4.78 is 10.6. The SMILES string of the molecule is COC(=O)N1CCC(Oc2cc(C(=O)NCC(O)C3Cc4ccccc4CN3)ncn2)CC1. The van der Waals surface area contributed by atoms with Crippen LogP contribution in [-0.2, 0) is 17.7 Å². The van der Waals surface area contributed by atoms with E-state index in [0.29, 0.717) is 44.8 Å².